The van der Waals surface area contributed by atoms with E-state index in [4.69, 9.17) is 8.83 Å². The highest BCUT2D eigenvalue weighted by Crippen LogP contribution is 2.30. The summed E-state index contributed by atoms with van der Waals surface area (Å²) in [5.41, 5.74) is 3.35. The first-order valence-electron chi connectivity index (χ1n) is 8.71. The summed E-state index contributed by atoms with van der Waals surface area (Å²) in [7, 11) is 0. The van der Waals surface area contributed by atoms with Crippen molar-refractivity contribution >= 4 is 22.7 Å². The monoisotopic (exact) mass is 381 g/mol. The minimum absolute atomic E-state index is 0.333. The molecule has 0 saturated heterocycles. The van der Waals surface area contributed by atoms with Gasteiger partial charge in [-0.2, -0.15) is 0 Å². The largest absolute Gasteiger partial charge is 0.461 e. The molecular weight excluding hydrogens is 362 g/mol. The number of nitrogens with zero attached hydrogens (tertiary/aromatic N) is 3. The SMILES string of the molecule is CCn1c(SCc2cc(=O)oc3c(C)c(C)ccc23)nnc1-c1ccco1. The van der Waals surface area contributed by atoms with Crippen molar-refractivity contribution in [1.82, 2.24) is 14.8 Å². The van der Waals surface area contributed by atoms with Crippen molar-refractivity contribution in [2.24, 2.45) is 0 Å². The Morgan fingerprint density at radius 1 is 1.19 bits per heavy atom. The van der Waals surface area contributed by atoms with E-state index < -0.39 is 0 Å². The first kappa shape index (κ1) is 17.6. The average molecular weight is 381 g/mol. The second-order valence-corrected chi connectivity index (χ2v) is 7.23. The van der Waals surface area contributed by atoms with Gasteiger partial charge < -0.3 is 8.83 Å². The van der Waals surface area contributed by atoms with Crippen LogP contribution in [0.2, 0.25) is 0 Å². The normalized spacial score (nSPS) is 11.4. The van der Waals surface area contributed by atoms with Gasteiger partial charge in [-0.25, -0.2) is 4.79 Å². The van der Waals surface area contributed by atoms with Crippen molar-refractivity contribution in [2.75, 3.05) is 0 Å². The summed E-state index contributed by atoms with van der Waals surface area (Å²) in [5, 5.41) is 10.3. The number of aryl methyl sites for hydroxylation is 2. The molecule has 4 rings (SSSR count). The van der Waals surface area contributed by atoms with Crippen LogP contribution in [0.4, 0.5) is 0 Å². The molecule has 4 aromatic rings. The molecule has 0 fully saturated rings. The molecule has 0 N–H and O–H groups in total. The van der Waals surface area contributed by atoms with E-state index in [1.807, 2.05) is 43.5 Å². The van der Waals surface area contributed by atoms with Gasteiger partial charge in [-0.05, 0) is 49.6 Å². The summed E-state index contributed by atoms with van der Waals surface area (Å²) >= 11 is 1.54. The Labute approximate surface area is 160 Å². The molecular formula is C20H19N3O3S. The average Bonchev–Trinajstić information content (AvgIpc) is 3.32. The highest BCUT2D eigenvalue weighted by Gasteiger charge is 2.16. The van der Waals surface area contributed by atoms with Crippen LogP contribution in [0.1, 0.15) is 23.6 Å². The van der Waals surface area contributed by atoms with Crippen LogP contribution >= 0.6 is 11.8 Å². The summed E-state index contributed by atoms with van der Waals surface area (Å²) < 4.78 is 12.9. The Kier molecular flexibility index (Phi) is 4.61. The van der Waals surface area contributed by atoms with Gasteiger partial charge in [-0.15, -0.1) is 10.2 Å². The molecule has 0 unspecified atom stereocenters. The van der Waals surface area contributed by atoms with Crippen molar-refractivity contribution < 1.29 is 8.83 Å². The molecule has 3 aromatic heterocycles. The second kappa shape index (κ2) is 7.08. The maximum Gasteiger partial charge on any atom is 0.336 e. The smallest absolute Gasteiger partial charge is 0.336 e. The molecule has 3 heterocycles. The topological polar surface area (TPSA) is 74.1 Å². The molecule has 0 radical (unpaired) electrons. The Hall–Kier alpha value is -2.80. The molecule has 0 aliphatic carbocycles. The highest BCUT2D eigenvalue weighted by molar-refractivity contribution is 7.98. The third-order valence-electron chi connectivity index (χ3n) is 4.65. The number of hydrogen-bond donors (Lipinski definition) is 0. The fourth-order valence-corrected chi connectivity index (χ4v) is 4.05. The van der Waals surface area contributed by atoms with Crippen LogP contribution in [0.3, 0.4) is 0 Å². The second-order valence-electron chi connectivity index (χ2n) is 6.29. The van der Waals surface area contributed by atoms with Crippen molar-refractivity contribution in [3.63, 3.8) is 0 Å². The van der Waals surface area contributed by atoms with E-state index >= 15 is 0 Å². The van der Waals surface area contributed by atoms with Crippen LogP contribution < -0.4 is 5.63 Å². The van der Waals surface area contributed by atoms with Crippen LogP contribution in [-0.2, 0) is 12.3 Å². The van der Waals surface area contributed by atoms with E-state index in [2.05, 4.69) is 16.3 Å². The van der Waals surface area contributed by atoms with Gasteiger partial charge >= 0.3 is 5.63 Å². The van der Waals surface area contributed by atoms with Gasteiger partial charge in [0.1, 0.15) is 5.58 Å². The number of hydrogen-bond acceptors (Lipinski definition) is 6. The van der Waals surface area contributed by atoms with Crippen LogP contribution in [0.15, 0.2) is 55.4 Å². The fraction of sp³-hybridized carbons (Fsp3) is 0.250. The zero-order valence-electron chi connectivity index (χ0n) is 15.4. The van der Waals surface area contributed by atoms with Gasteiger partial charge in [0.25, 0.3) is 0 Å². The minimum atomic E-state index is -0.333. The zero-order chi connectivity index (χ0) is 19.0. The summed E-state index contributed by atoms with van der Waals surface area (Å²) in [6.45, 7) is 6.75. The molecule has 6 nitrogen and oxygen atoms in total. The molecule has 0 bridgehead atoms. The lowest BCUT2D eigenvalue weighted by Crippen LogP contribution is -2.03. The number of rotatable bonds is 5. The van der Waals surface area contributed by atoms with Crippen molar-refractivity contribution in [2.45, 2.75) is 38.2 Å². The number of thioether (sulfide) groups is 1. The number of aromatic nitrogens is 3. The summed E-state index contributed by atoms with van der Waals surface area (Å²) in [5.74, 6) is 1.99. The molecule has 27 heavy (non-hydrogen) atoms. The zero-order valence-corrected chi connectivity index (χ0v) is 16.2. The molecule has 138 valence electrons. The maximum absolute atomic E-state index is 12.0. The molecule has 0 saturated carbocycles. The van der Waals surface area contributed by atoms with Gasteiger partial charge in [-0.3, -0.25) is 4.57 Å². The van der Waals surface area contributed by atoms with E-state index in [0.717, 1.165) is 33.8 Å². The Morgan fingerprint density at radius 2 is 2.04 bits per heavy atom. The van der Waals surface area contributed by atoms with Crippen LogP contribution in [0, 0.1) is 13.8 Å². The van der Waals surface area contributed by atoms with Crippen LogP contribution in [0.5, 0.6) is 0 Å². The number of furan rings is 1. The van der Waals surface area contributed by atoms with Gasteiger partial charge in [0.2, 0.25) is 0 Å². The molecule has 1 aromatic carbocycles. The van der Waals surface area contributed by atoms with Gasteiger partial charge in [0.15, 0.2) is 16.7 Å². The standard InChI is InChI=1S/C20H19N3O3S/c1-4-23-19(16-6-5-9-25-16)21-22-20(23)27-11-14-10-17(24)26-18-13(3)12(2)7-8-15(14)18/h5-10H,4,11H2,1-3H3. The molecule has 0 atom stereocenters. The lowest BCUT2D eigenvalue weighted by atomic mass is 10.0. The number of benzene rings is 1. The summed E-state index contributed by atoms with van der Waals surface area (Å²) in [4.78, 5) is 12.0. The first-order valence-corrected chi connectivity index (χ1v) is 9.70. The third kappa shape index (κ3) is 3.19. The van der Waals surface area contributed by atoms with Gasteiger partial charge in [-0.1, -0.05) is 23.9 Å². The van der Waals surface area contributed by atoms with Gasteiger partial charge in [0.05, 0.1) is 6.26 Å². The van der Waals surface area contributed by atoms with E-state index in [0.29, 0.717) is 22.9 Å². The molecule has 7 heteroatoms. The van der Waals surface area contributed by atoms with Crippen LogP contribution in [-0.4, -0.2) is 14.8 Å². The predicted molar refractivity (Wildman–Crippen MR) is 105 cm³/mol. The lowest BCUT2D eigenvalue weighted by Gasteiger charge is -2.09. The van der Waals surface area contributed by atoms with Crippen molar-refractivity contribution in [1.29, 1.82) is 0 Å². The summed E-state index contributed by atoms with van der Waals surface area (Å²) in [6, 6.07) is 9.32. The third-order valence-corrected chi connectivity index (χ3v) is 5.66. The summed E-state index contributed by atoms with van der Waals surface area (Å²) in [6.07, 6.45) is 1.62. The van der Waals surface area contributed by atoms with Crippen molar-refractivity contribution in [3.05, 3.63) is 63.7 Å². The Bertz CT molecular complexity index is 1160. The van der Waals surface area contributed by atoms with Crippen LogP contribution in [0.25, 0.3) is 22.6 Å². The molecule has 0 aliphatic heterocycles. The lowest BCUT2D eigenvalue weighted by molar-refractivity contribution is 0.557. The highest BCUT2D eigenvalue weighted by atomic mass is 32.2. The van der Waals surface area contributed by atoms with Gasteiger partial charge in [0, 0.05) is 23.8 Å². The number of fused-ring (bicyclic) bond motifs is 1. The van der Waals surface area contributed by atoms with Crippen molar-refractivity contribution in [3.8, 4) is 11.6 Å². The fourth-order valence-electron chi connectivity index (χ4n) is 3.05. The Morgan fingerprint density at radius 3 is 2.78 bits per heavy atom. The maximum atomic E-state index is 12.0. The van der Waals surface area contributed by atoms with E-state index in [1.165, 1.54) is 0 Å². The predicted octanol–water partition coefficient (Wildman–Crippen LogP) is 4.57. The molecule has 0 aliphatic rings. The quantitative estimate of drug-likeness (QED) is 0.372. The Balaban J connectivity index is 1.69. The molecule has 0 amide bonds. The first-order chi connectivity index (χ1) is 13.1. The van der Waals surface area contributed by atoms with E-state index in [1.54, 1.807) is 24.1 Å². The minimum Gasteiger partial charge on any atom is -0.461 e. The van der Waals surface area contributed by atoms with E-state index in [9.17, 15) is 4.79 Å². The van der Waals surface area contributed by atoms with E-state index in [-0.39, 0.29) is 5.63 Å². The molecule has 0 spiro atoms.